The van der Waals surface area contributed by atoms with Crippen LogP contribution >= 0.6 is 11.6 Å². The quantitative estimate of drug-likeness (QED) is 0.927. The molecule has 2 aliphatic rings. The maximum atomic E-state index is 12.2. The van der Waals surface area contributed by atoms with Crippen molar-refractivity contribution in [1.29, 1.82) is 0 Å². The lowest BCUT2D eigenvalue weighted by atomic mass is 10.1. The third kappa shape index (κ3) is 3.43. The summed E-state index contributed by atoms with van der Waals surface area (Å²) in [4.78, 5) is 26.0. The van der Waals surface area contributed by atoms with Gasteiger partial charge in [-0.05, 0) is 37.1 Å². The van der Waals surface area contributed by atoms with Crippen molar-refractivity contribution in [2.45, 2.75) is 32.1 Å². The lowest BCUT2D eigenvalue weighted by Crippen LogP contribution is -2.34. The molecular weight excluding hydrogens is 300 g/mol. The Morgan fingerprint density at radius 1 is 1.23 bits per heavy atom. The summed E-state index contributed by atoms with van der Waals surface area (Å²) in [6.45, 7) is 1.25. The van der Waals surface area contributed by atoms with Crippen molar-refractivity contribution in [2.75, 3.05) is 18.0 Å². The first-order valence-electron chi connectivity index (χ1n) is 7.97. The summed E-state index contributed by atoms with van der Waals surface area (Å²) >= 11 is 5.88. The molecule has 1 saturated heterocycles. The molecule has 1 N–H and O–H groups in total. The number of amides is 2. The monoisotopic (exact) mass is 320 g/mol. The summed E-state index contributed by atoms with van der Waals surface area (Å²) in [5.41, 5.74) is 0.874. The molecule has 1 heterocycles. The number of nitrogens with one attached hydrogen (secondary N) is 1. The maximum absolute atomic E-state index is 12.2. The summed E-state index contributed by atoms with van der Waals surface area (Å²) in [5.74, 6) is 0.648. The SMILES string of the molecule is O=C(NCC1CC(=O)N(c2ccc(Cl)cc2)C1)C1CCCC1. The minimum atomic E-state index is 0.113. The molecule has 1 aliphatic heterocycles. The van der Waals surface area contributed by atoms with Crippen LogP contribution < -0.4 is 10.2 Å². The van der Waals surface area contributed by atoms with Crippen molar-refractivity contribution in [3.63, 3.8) is 0 Å². The Balaban J connectivity index is 1.53. The van der Waals surface area contributed by atoms with Gasteiger partial charge in [-0.15, -0.1) is 0 Å². The Labute approximate surface area is 135 Å². The van der Waals surface area contributed by atoms with Crippen LogP contribution in [0, 0.1) is 11.8 Å². The van der Waals surface area contributed by atoms with Gasteiger partial charge in [0, 0.05) is 42.1 Å². The van der Waals surface area contributed by atoms with Crippen molar-refractivity contribution >= 4 is 29.1 Å². The van der Waals surface area contributed by atoms with Gasteiger partial charge in [0.15, 0.2) is 0 Å². The van der Waals surface area contributed by atoms with Crippen LogP contribution in [-0.4, -0.2) is 24.9 Å². The molecule has 0 spiro atoms. The first kappa shape index (κ1) is 15.3. The van der Waals surface area contributed by atoms with E-state index in [0.29, 0.717) is 24.5 Å². The fourth-order valence-corrected chi connectivity index (χ4v) is 3.49. The zero-order chi connectivity index (χ0) is 15.5. The fourth-order valence-electron chi connectivity index (χ4n) is 3.37. The lowest BCUT2D eigenvalue weighted by molar-refractivity contribution is -0.125. The summed E-state index contributed by atoms with van der Waals surface area (Å²) in [6.07, 6.45) is 4.82. The van der Waals surface area contributed by atoms with Crippen LogP contribution in [0.25, 0.3) is 0 Å². The van der Waals surface area contributed by atoms with Gasteiger partial charge in [0.2, 0.25) is 11.8 Å². The van der Waals surface area contributed by atoms with Crippen LogP contribution in [-0.2, 0) is 9.59 Å². The Kier molecular flexibility index (Phi) is 4.67. The Hall–Kier alpha value is -1.55. The smallest absolute Gasteiger partial charge is 0.227 e. The molecule has 0 aromatic heterocycles. The van der Waals surface area contributed by atoms with Crippen LogP contribution in [0.4, 0.5) is 5.69 Å². The average molecular weight is 321 g/mol. The molecule has 1 aromatic rings. The molecule has 1 atom stereocenters. The number of benzene rings is 1. The minimum absolute atomic E-state index is 0.113. The van der Waals surface area contributed by atoms with Crippen molar-refractivity contribution in [1.82, 2.24) is 5.32 Å². The van der Waals surface area contributed by atoms with E-state index in [1.54, 1.807) is 17.0 Å². The van der Waals surface area contributed by atoms with E-state index in [1.807, 2.05) is 12.1 Å². The molecule has 0 bridgehead atoms. The normalized spacial score (nSPS) is 22.3. The summed E-state index contributed by atoms with van der Waals surface area (Å²) in [7, 11) is 0. The molecule has 22 heavy (non-hydrogen) atoms. The zero-order valence-corrected chi connectivity index (χ0v) is 13.3. The molecule has 1 unspecified atom stereocenters. The van der Waals surface area contributed by atoms with E-state index in [-0.39, 0.29) is 23.7 Å². The van der Waals surface area contributed by atoms with Gasteiger partial charge in [-0.25, -0.2) is 0 Å². The summed E-state index contributed by atoms with van der Waals surface area (Å²) in [5, 5.41) is 3.69. The molecule has 118 valence electrons. The van der Waals surface area contributed by atoms with Crippen LogP contribution in [0.2, 0.25) is 5.02 Å². The van der Waals surface area contributed by atoms with E-state index in [2.05, 4.69) is 5.32 Å². The molecule has 4 nitrogen and oxygen atoms in total. The summed E-state index contributed by atoms with van der Waals surface area (Å²) < 4.78 is 0. The molecule has 5 heteroatoms. The second-order valence-electron chi connectivity index (χ2n) is 6.28. The number of halogens is 1. The number of rotatable bonds is 4. The van der Waals surface area contributed by atoms with Crippen molar-refractivity contribution in [3.8, 4) is 0 Å². The van der Waals surface area contributed by atoms with Crippen molar-refractivity contribution in [2.24, 2.45) is 11.8 Å². The van der Waals surface area contributed by atoms with Gasteiger partial charge in [0.1, 0.15) is 0 Å². The van der Waals surface area contributed by atoms with E-state index < -0.39 is 0 Å². The number of anilines is 1. The Morgan fingerprint density at radius 3 is 2.59 bits per heavy atom. The first-order chi connectivity index (χ1) is 10.6. The lowest BCUT2D eigenvalue weighted by Gasteiger charge is -2.17. The predicted octanol–water partition coefficient (Wildman–Crippen LogP) is 3.00. The van der Waals surface area contributed by atoms with Gasteiger partial charge in [-0.1, -0.05) is 24.4 Å². The van der Waals surface area contributed by atoms with Crippen molar-refractivity contribution < 1.29 is 9.59 Å². The molecule has 0 radical (unpaired) electrons. The average Bonchev–Trinajstić information content (AvgIpc) is 3.15. The van der Waals surface area contributed by atoms with Crippen LogP contribution in [0.3, 0.4) is 0 Å². The van der Waals surface area contributed by atoms with E-state index in [0.717, 1.165) is 31.4 Å². The van der Waals surface area contributed by atoms with Gasteiger partial charge in [-0.3, -0.25) is 9.59 Å². The number of carbonyl (C=O) groups excluding carboxylic acids is 2. The highest BCUT2D eigenvalue weighted by Crippen LogP contribution is 2.27. The number of hydrogen-bond donors (Lipinski definition) is 1. The van der Waals surface area contributed by atoms with Gasteiger partial charge >= 0.3 is 0 Å². The Bertz CT molecular complexity index is 552. The van der Waals surface area contributed by atoms with Crippen LogP contribution in [0.1, 0.15) is 32.1 Å². The van der Waals surface area contributed by atoms with Gasteiger partial charge in [0.25, 0.3) is 0 Å². The second kappa shape index (κ2) is 6.69. The summed E-state index contributed by atoms with van der Waals surface area (Å²) in [6, 6.07) is 7.30. The fraction of sp³-hybridized carbons (Fsp3) is 0.529. The molecule has 1 saturated carbocycles. The second-order valence-corrected chi connectivity index (χ2v) is 6.71. The number of hydrogen-bond acceptors (Lipinski definition) is 2. The third-order valence-electron chi connectivity index (χ3n) is 4.63. The minimum Gasteiger partial charge on any atom is -0.356 e. The largest absolute Gasteiger partial charge is 0.356 e. The highest BCUT2D eigenvalue weighted by atomic mass is 35.5. The molecule has 1 aliphatic carbocycles. The van der Waals surface area contributed by atoms with E-state index >= 15 is 0 Å². The predicted molar refractivity (Wildman–Crippen MR) is 86.9 cm³/mol. The molecule has 2 amide bonds. The van der Waals surface area contributed by atoms with Gasteiger partial charge in [-0.2, -0.15) is 0 Å². The molecule has 1 aromatic carbocycles. The van der Waals surface area contributed by atoms with Crippen LogP contribution in [0.15, 0.2) is 24.3 Å². The Morgan fingerprint density at radius 2 is 1.91 bits per heavy atom. The van der Waals surface area contributed by atoms with E-state index in [4.69, 9.17) is 11.6 Å². The van der Waals surface area contributed by atoms with E-state index in [1.165, 1.54) is 0 Å². The van der Waals surface area contributed by atoms with Gasteiger partial charge < -0.3 is 10.2 Å². The third-order valence-corrected chi connectivity index (χ3v) is 4.89. The highest BCUT2D eigenvalue weighted by Gasteiger charge is 2.31. The maximum Gasteiger partial charge on any atom is 0.227 e. The van der Waals surface area contributed by atoms with Crippen LogP contribution in [0.5, 0.6) is 0 Å². The first-order valence-corrected chi connectivity index (χ1v) is 8.35. The number of carbonyl (C=O) groups is 2. The zero-order valence-electron chi connectivity index (χ0n) is 12.6. The molecule has 3 rings (SSSR count). The standard InChI is InChI=1S/C17H21ClN2O2/c18-14-5-7-15(8-6-14)20-11-12(9-16(20)21)10-19-17(22)13-3-1-2-4-13/h5-8,12-13H,1-4,9-11H2,(H,19,22). The van der Waals surface area contributed by atoms with Gasteiger partial charge in [0.05, 0.1) is 0 Å². The van der Waals surface area contributed by atoms with E-state index in [9.17, 15) is 9.59 Å². The highest BCUT2D eigenvalue weighted by molar-refractivity contribution is 6.30. The number of nitrogens with zero attached hydrogens (tertiary/aromatic N) is 1. The molecule has 2 fully saturated rings. The molecular formula is C17H21ClN2O2. The van der Waals surface area contributed by atoms with Crippen molar-refractivity contribution in [3.05, 3.63) is 29.3 Å². The topological polar surface area (TPSA) is 49.4 Å².